The van der Waals surface area contributed by atoms with Crippen LogP contribution in [0.5, 0.6) is 5.75 Å². The van der Waals surface area contributed by atoms with E-state index in [0.717, 1.165) is 23.1 Å². The SMILES string of the molecule is O=C(O)N1CCC[C@@H](Oc2ccc(Br)cc2)C1. The minimum Gasteiger partial charge on any atom is -0.489 e. The molecular formula is C12H14BrNO3. The van der Waals surface area contributed by atoms with Crippen LogP contribution in [0.2, 0.25) is 0 Å². The van der Waals surface area contributed by atoms with Gasteiger partial charge < -0.3 is 14.7 Å². The average molecular weight is 300 g/mol. The van der Waals surface area contributed by atoms with Gasteiger partial charge in [0.15, 0.2) is 0 Å². The summed E-state index contributed by atoms with van der Waals surface area (Å²) in [5, 5.41) is 8.92. The van der Waals surface area contributed by atoms with Crippen molar-refractivity contribution in [2.45, 2.75) is 18.9 Å². The Balaban J connectivity index is 1.94. The highest BCUT2D eigenvalue weighted by molar-refractivity contribution is 9.10. The molecular weight excluding hydrogens is 286 g/mol. The maximum atomic E-state index is 10.9. The smallest absolute Gasteiger partial charge is 0.407 e. The fourth-order valence-electron chi connectivity index (χ4n) is 1.91. The molecule has 1 saturated heterocycles. The maximum absolute atomic E-state index is 10.9. The molecule has 0 bridgehead atoms. The summed E-state index contributed by atoms with van der Waals surface area (Å²) < 4.78 is 6.77. The lowest BCUT2D eigenvalue weighted by atomic mass is 10.1. The van der Waals surface area contributed by atoms with Crippen molar-refractivity contribution in [3.05, 3.63) is 28.7 Å². The van der Waals surface area contributed by atoms with Gasteiger partial charge >= 0.3 is 6.09 Å². The lowest BCUT2D eigenvalue weighted by molar-refractivity contribution is 0.0792. The number of carbonyl (C=O) groups is 1. The first-order chi connectivity index (χ1) is 8.15. The first-order valence-corrected chi connectivity index (χ1v) is 6.34. The predicted molar refractivity (Wildman–Crippen MR) is 67.4 cm³/mol. The van der Waals surface area contributed by atoms with Gasteiger partial charge in [0, 0.05) is 11.0 Å². The van der Waals surface area contributed by atoms with Crippen molar-refractivity contribution in [2.24, 2.45) is 0 Å². The number of rotatable bonds is 2. The van der Waals surface area contributed by atoms with Gasteiger partial charge in [-0.25, -0.2) is 4.79 Å². The van der Waals surface area contributed by atoms with Crippen molar-refractivity contribution >= 4 is 22.0 Å². The Kier molecular flexibility index (Phi) is 3.89. The monoisotopic (exact) mass is 299 g/mol. The van der Waals surface area contributed by atoms with Crippen molar-refractivity contribution in [3.63, 3.8) is 0 Å². The van der Waals surface area contributed by atoms with Gasteiger partial charge in [-0.2, -0.15) is 0 Å². The number of likely N-dealkylation sites (tertiary alicyclic amines) is 1. The van der Waals surface area contributed by atoms with Gasteiger partial charge in [0.05, 0.1) is 6.54 Å². The molecule has 0 radical (unpaired) electrons. The molecule has 0 aromatic heterocycles. The molecule has 1 N–H and O–H groups in total. The molecule has 4 nitrogen and oxygen atoms in total. The largest absolute Gasteiger partial charge is 0.489 e. The van der Waals surface area contributed by atoms with Crippen LogP contribution in [0.1, 0.15) is 12.8 Å². The minimum atomic E-state index is -0.867. The third kappa shape index (κ3) is 3.36. The van der Waals surface area contributed by atoms with Crippen molar-refractivity contribution < 1.29 is 14.6 Å². The van der Waals surface area contributed by atoms with Crippen LogP contribution >= 0.6 is 15.9 Å². The van der Waals surface area contributed by atoms with Crippen LogP contribution in [-0.4, -0.2) is 35.3 Å². The van der Waals surface area contributed by atoms with Gasteiger partial charge in [0.25, 0.3) is 0 Å². The van der Waals surface area contributed by atoms with Crippen LogP contribution in [0.3, 0.4) is 0 Å². The van der Waals surface area contributed by atoms with E-state index in [2.05, 4.69) is 15.9 Å². The second-order valence-corrected chi connectivity index (χ2v) is 4.98. The number of piperidine rings is 1. The highest BCUT2D eigenvalue weighted by Crippen LogP contribution is 2.20. The van der Waals surface area contributed by atoms with Gasteiger partial charge in [-0.15, -0.1) is 0 Å². The molecule has 0 unspecified atom stereocenters. The van der Waals surface area contributed by atoms with E-state index in [4.69, 9.17) is 9.84 Å². The van der Waals surface area contributed by atoms with Crippen LogP contribution in [0.25, 0.3) is 0 Å². The third-order valence-electron chi connectivity index (χ3n) is 2.77. The molecule has 1 aromatic rings. The summed E-state index contributed by atoms with van der Waals surface area (Å²) in [6, 6.07) is 7.58. The zero-order chi connectivity index (χ0) is 12.3. The van der Waals surface area contributed by atoms with Crippen molar-refractivity contribution in [1.82, 2.24) is 4.90 Å². The zero-order valence-electron chi connectivity index (χ0n) is 9.30. The molecule has 1 amide bonds. The molecule has 92 valence electrons. The molecule has 2 rings (SSSR count). The normalized spacial score (nSPS) is 20.1. The highest BCUT2D eigenvalue weighted by Gasteiger charge is 2.24. The Labute approximate surface area is 108 Å². The standard InChI is InChI=1S/C12H14BrNO3/c13-9-3-5-10(6-4-9)17-11-2-1-7-14(8-11)12(15)16/h3-6,11H,1-2,7-8H2,(H,15,16)/t11-/m1/s1. The van der Waals surface area contributed by atoms with Crippen molar-refractivity contribution in [1.29, 1.82) is 0 Å². The highest BCUT2D eigenvalue weighted by atomic mass is 79.9. The van der Waals surface area contributed by atoms with Crippen LogP contribution in [0.4, 0.5) is 4.79 Å². The molecule has 0 aliphatic carbocycles. The lowest BCUT2D eigenvalue weighted by Gasteiger charge is -2.30. The third-order valence-corrected chi connectivity index (χ3v) is 3.29. The molecule has 5 heteroatoms. The van der Waals surface area contributed by atoms with Crippen molar-refractivity contribution in [2.75, 3.05) is 13.1 Å². The van der Waals surface area contributed by atoms with Gasteiger partial charge in [-0.1, -0.05) is 15.9 Å². The number of carboxylic acid groups (broad SMARTS) is 1. The van der Waals surface area contributed by atoms with E-state index in [0.29, 0.717) is 13.1 Å². The Bertz CT molecular complexity index is 393. The zero-order valence-corrected chi connectivity index (χ0v) is 10.9. The first-order valence-electron chi connectivity index (χ1n) is 5.55. The first kappa shape index (κ1) is 12.2. The molecule has 1 atom stereocenters. The topological polar surface area (TPSA) is 49.8 Å². The number of benzene rings is 1. The van der Waals surface area contributed by atoms with Crippen LogP contribution in [-0.2, 0) is 0 Å². The van der Waals surface area contributed by atoms with Gasteiger partial charge in [0.2, 0.25) is 0 Å². The molecule has 17 heavy (non-hydrogen) atoms. The molecule has 1 aromatic carbocycles. The quantitative estimate of drug-likeness (QED) is 0.913. The summed E-state index contributed by atoms with van der Waals surface area (Å²) in [6.07, 6.45) is 0.850. The number of amides is 1. The summed E-state index contributed by atoms with van der Waals surface area (Å²) >= 11 is 3.36. The van der Waals surface area contributed by atoms with Crippen LogP contribution in [0.15, 0.2) is 28.7 Å². The van der Waals surface area contributed by atoms with E-state index in [1.807, 2.05) is 24.3 Å². The molecule has 0 saturated carbocycles. The van der Waals surface area contributed by atoms with Gasteiger partial charge in [-0.3, -0.25) is 0 Å². The minimum absolute atomic E-state index is 0.0407. The fourth-order valence-corrected chi connectivity index (χ4v) is 2.18. The van der Waals surface area contributed by atoms with Gasteiger partial charge in [-0.05, 0) is 37.1 Å². The Morgan fingerprint density at radius 2 is 2.12 bits per heavy atom. The number of hydrogen-bond donors (Lipinski definition) is 1. The van der Waals surface area contributed by atoms with Gasteiger partial charge in [0.1, 0.15) is 11.9 Å². The van der Waals surface area contributed by atoms with E-state index >= 15 is 0 Å². The van der Waals surface area contributed by atoms with E-state index in [1.165, 1.54) is 4.90 Å². The number of halogens is 1. The predicted octanol–water partition coefficient (Wildman–Crippen LogP) is 2.97. The molecule has 0 spiro atoms. The molecule has 1 aliphatic heterocycles. The second kappa shape index (κ2) is 5.40. The Hall–Kier alpha value is -1.23. The van der Waals surface area contributed by atoms with E-state index < -0.39 is 6.09 Å². The Morgan fingerprint density at radius 1 is 1.41 bits per heavy atom. The summed E-state index contributed by atoms with van der Waals surface area (Å²) in [5.41, 5.74) is 0. The maximum Gasteiger partial charge on any atom is 0.407 e. The Morgan fingerprint density at radius 3 is 2.76 bits per heavy atom. The molecule has 1 fully saturated rings. The number of hydrogen-bond acceptors (Lipinski definition) is 2. The van der Waals surface area contributed by atoms with E-state index in [9.17, 15) is 4.79 Å². The fraction of sp³-hybridized carbons (Fsp3) is 0.417. The van der Waals surface area contributed by atoms with Crippen LogP contribution < -0.4 is 4.74 Å². The lowest BCUT2D eigenvalue weighted by Crippen LogP contribution is -2.43. The summed E-state index contributed by atoms with van der Waals surface area (Å²) in [5.74, 6) is 0.783. The van der Waals surface area contributed by atoms with Crippen molar-refractivity contribution in [3.8, 4) is 5.75 Å². The second-order valence-electron chi connectivity index (χ2n) is 4.06. The summed E-state index contributed by atoms with van der Waals surface area (Å²) in [6.45, 7) is 1.06. The average Bonchev–Trinajstić information content (AvgIpc) is 2.32. The number of ether oxygens (including phenoxy) is 1. The molecule has 1 aliphatic rings. The summed E-state index contributed by atoms with van der Waals surface area (Å²) in [7, 11) is 0. The summed E-state index contributed by atoms with van der Waals surface area (Å²) in [4.78, 5) is 12.3. The number of nitrogens with zero attached hydrogens (tertiary/aromatic N) is 1. The van der Waals surface area contributed by atoms with E-state index in [1.54, 1.807) is 0 Å². The van der Waals surface area contributed by atoms with Crippen LogP contribution in [0, 0.1) is 0 Å². The molecule has 1 heterocycles. The van der Waals surface area contributed by atoms with E-state index in [-0.39, 0.29) is 6.10 Å².